The van der Waals surface area contributed by atoms with Crippen molar-refractivity contribution in [3.05, 3.63) is 96.3 Å². The third-order valence-corrected chi connectivity index (χ3v) is 9.64. The standard InChI is InChI=1S/C25H27F3N4O3.C16H22N4O2/c1-31-22(8-9-29-31)21-17-20(6-7-23(21)35-15-12-32-10-13-34-14-11-32)30-24(33)16-18-2-4-19(5-3-18)25(26,27)28;1-19-15(4-5-18-19)14-12-13(17)2-3-16(14)22-11-8-20-6-9-21-10-7-20/h2-9,17H,10-16H2,1H3,(H,30,33);2-5,12H,6-11,17H2,1H3. The molecule has 0 spiro atoms. The Morgan fingerprint density at radius 3 is 1.74 bits per heavy atom. The summed E-state index contributed by atoms with van der Waals surface area (Å²) >= 11 is 0. The Bertz CT molecular complexity index is 2040. The predicted molar refractivity (Wildman–Crippen MR) is 211 cm³/mol. The average Bonchev–Trinajstić information content (AvgIpc) is 3.84. The molecule has 2 aliphatic rings. The fourth-order valence-electron chi connectivity index (χ4n) is 6.50. The van der Waals surface area contributed by atoms with Gasteiger partial charge in [0.15, 0.2) is 0 Å². The molecule has 7 rings (SSSR count). The number of aromatic nitrogens is 4. The van der Waals surface area contributed by atoms with Crippen LogP contribution >= 0.6 is 0 Å². The minimum Gasteiger partial charge on any atom is -0.492 e. The molecule has 2 fully saturated rings. The van der Waals surface area contributed by atoms with E-state index < -0.39 is 11.7 Å². The van der Waals surface area contributed by atoms with E-state index in [1.807, 2.05) is 55.2 Å². The second-order valence-electron chi connectivity index (χ2n) is 13.7. The van der Waals surface area contributed by atoms with Gasteiger partial charge in [-0.05, 0) is 66.2 Å². The lowest BCUT2D eigenvalue weighted by molar-refractivity contribution is -0.137. The summed E-state index contributed by atoms with van der Waals surface area (Å²) in [7, 11) is 3.73. The fraction of sp³-hybridized carbons (Fsp3) is 0.390. The SMILES string of the molecule is Cn1nccc1-c1cc(N)ccc1OCCN1CCOCC1.Cn1nccc1-c1cc(NC(=O)Cc2ccc(C(F)(F)F)cc2)ccc1OCCN1CCOCC1. The highest BCUT2D eigenvalue weighted by atomic mass is 19.4. The van der Waals surface area contributed by atoms with Gasteiger partial charge in [0.05, 0.1) is 49.8 Å². The molecular formula is C41H49F3N8O5. The number of rotatable bonds is 13. The minimum absolute atomic E-state index is 0.0447. The summed E-state index contributed by atoms with van der Waals surface area (Å²) in [5.41, 5.74) is 10.5. The first kappa shape index (κ1) is 41.2. The van der Waals surface area contributed by atoms with Crippen LogP contribution < -0.4 is 20.5 Å². The van der Waals surface area contributed by atoms with Crippen LogP contribution in [0.25, 0.3) is 22.5 Å². The molecule has 5 aromatic rings. The van der Waals surface area contributed by atoms with Crippen LogP contribution in [0.15, 0.2) is 85.2 Å². The van der Waals surface area contributed by atoms with Crippen LogP contribution in [-0.4, -0.2) is 114 Å². The highest BCUT2D eigenvalue weighted by Crippen LogP contribution is 2.34. The highest BCUT2D eigenvalue weighted by Gasteiger charge is 2.30. The van der Waals surface area contributed by atoms with Crippen LogP contribution in [-0.2, 0) is 41.0 Å². The number of hydrogen-bond acceptors (Lipinski definition) is 10. The van der Waals surface area contributed by atoms with Gasteiger partial charge in [-0.15, -0.1) is 0 Å². The Morgan fingerprint density at radius 1 is 0.737 bits per heavy atom. The predicted octanol–water partition coefficient (Wildman–Crippen LogP) is 5.38. The maximum absolute atomic E-state index is 12.8. The highest BCUT2D eigenvalue weighted by molar-refractivity contribution is 5.93. The zero-order valence-electron chi connectivity index (χ0n) is 32.2. The van der Waals surface area contributed by atoms with Gasteiger partial charge in [-0.3, -0.25) is 24.0 Å². The number of amides is 1. The molecule has 304 valence electrons. The summed E-state index contributed by atoms with van der Waals surface area (Å²) in [6.07, 6.45) is -0.995. The number of carbonyl (C=O) groups is 1. The largest absolute Gasteiger partial charge is 0.492 e. The molecule has 57 heavy (non-hydrogen) atoms. The summed E-state index contributed by atoms with van der Waals surface area (Å²) in [6, 6.07) is 19.5. The van der Waals surface area contributed by atoms with Crippen molar-refractivity contribution in [3.63, 3.8) is 0 Å². The number of nitrogen functional groups attached to an aromatic ring is 1. The second kappa shape index (κ2) is 19.6. The quantitative estimate of drug-likeness (QED) is 0.150. The third kappa shape index (κ3) is 11.8. The molecule has 0 bridgehead atoms. The fourth-order valence-corrected chi connectivity index (χ4v) is 6.50. The molecule has 3 aromatic carbocycles. The summed E-state index contributed by atoms with van der Waals surface area (Å²) in [6.45, 7) is 9.59. The van der Waals surface area contributed by atoms with Crippen LogP contribution in [0.4, 0.5) is 24.5 Å². The van der Waals surface area contributed by atoms with Gasteiger partial charge in [-0.25, -0.2) is 0 Å². The number of hydrogen-bond donors (Lipinski definition) is 2. The van der Waals surface area contributed by atoms with Gasteiger partial charge in [0.25, 0.3) is 0 Å². The molecule has 0 atom stereocenters. The van der Waals surface area contributed by atoms with E-state index in [1.54, 1.807) is 29.2 Å². The van der Waals surface area contributed by atoms with Crippen molar-refractivity contribution >= 4 is 17.3 Å². The van der Waals surface area contributed by atoms with E-state index in [0.29, 0.717) is 30.2 Å². The van der Waals surface area contributed by atoms with Crippen LogP contribution in [0, 0.1) is 0 Å². The Hall–Kier alpha value is -5.42. The molecule has 13 nitrogen and oxygen atoms in total. The zero-order valence-corrected chi connectivity index (χ0v) is 32.2. The van der Waals surface area contributed by atoms with Gasteiger partial charge in [0, 0.05) is 88.3 Å². The number of nitrogens with one attached hydrogen (secondary N) is 1. The van der Waals surface area contributed by atoms with Crippen molar-refractivity contribution in [1.29, 1.82) is 0 Å². The molecule has 16 heteroatoms. The number of morpholine rings is 2. The maximum Gasteiger partial charge on any atom is 0.416 e. The van der Waals surface area contributed by atoms with E-state index in [1.165, 1.54) is 12.1 Å². The molecule has 2 aliphatic heterocycles. The minimum atomic E-state index is -4.41. The van der Waals surface area contributed by atoms with Crippen LogP contribution in [0.2, 0.25) is 0 Å². The van der Waals surface area contributed by atoms with E-state index in [9.17, 15) is 18.0 Å². The van der Waals surface area contributed by atoms with Gasteiger partial charge in [-0.1, -0.05) is 12.1 Å². The van der Waals surface area contributed by atoms with Crippen LogP contribution in [0.5, 0.6) is 11.5 Å². The van der Waals surface area contributed by atoms with E-state index >= 15 is 0 Å². The second-order valence-corrected chi connectivity index (χ2v) is 13.7. The summed E-state index contributed by atoms with van der Waals surface area (Å²) in [5.74, 6) is 1.18. The molecular weight excluding hydrogens is 741 g/mol. The van der Waals surface area contributed by atoms with Crippen molar-refractivity contribution < 1.29 is 36.9 Å². The van der Waals surface area contributed by atoms with Crippen molar-refractivity contribution in [2.75, 3.05) is 90.0 Å². The van der Waals surface area contributed by atoms with Crippen LogP contribution in [0.1, 0.15) is 11.1 Å². The molecule has 0 saturated carbocycles. The maximum atomic E-state index is 12.8. The van der Waals surface area contributed by atoms with E-state index in [0.717, 1.165) is 112 Å². The Balaban J connectivity index is 0.000000214. The summed E-state index contributed by atoms with van der Waals surface area (Å²) in [5, 5.41) is 11.3. The zero-order chi connectivity index (χ0) is 40.2. The number of ether oxygens (including phenoxy) is 4. The van der Waals surface area contributed by atoms with Crippen molar-refractivity contribution in [1.82, 2.24) is 29.4 Å². The van der Waals surface area contributed by atoms with E-state index in [4.69, 9.17) is 24.7 Å². The molecule has 4 heterocycles. The van der Waals surface area contributed by atoms with E-state index in [2.05, 4.69) is 25.3 Å². The molecule has 2 saturated heterocycles. The number of carbonyl (C=O) groups excluding carboxylic acids is 1. The van der Waals surface area contributed by atoms with Crippen LogP contribution in [0.3, 0.4) is 0 Å². The number of nitrogens with zero attached hydrogens (tertiary/aromatic N) is 6. The Morgan fingerprint density at radius 2 is 1.25 bits per heavy atom. The molecule has 2 aromatic heterocycles. The Kier molecular flexibility index (Phi) is 14.2. The average molecular weight is 791 g/mol. The topological polar surface area (TPSA) is 134 Å². The van der Waals surface area contributed by atoms with Gasteiger partial charge in [0.2, 0.25) is 5.91 Å². The number of nitrogens with two attached hydrogens (primary N) is 1. The van der Waals surface area contributed by atoms with Gasteiger partial charge in [-0.2, -0.15) is 23.4 Å². The van der Waals surface area contributed by atoms with Gasteiger partial charge < -0.3 is 30.0 Å². The Labute approximate surface area is 330 Å². The lowest BCUT2D eigenvalue weighted by Gasteiger charge is -2.26. The summed E-state index contributed by atoms with van der Waals surface area (Å²) in [4.78, 5) is 17.2. The van der Waals surface area contributed by atoms with Crippen molar-refractivity contribution in [2.24, 2.45) is 14.1 Å². The van der Waals surface area contributed by atoms with E-state index in [-0.39, 0.29) is 12.3 Å². The number of anilines is 2. The smallest absolute Gasteiger partial charge is 0.416 e. The lowest BCUT2D eigenvalue weighted by Crippen LogP contribution is -2.38. The normalized spacial score (nSPS) is 15.1. The molecule has 0 radical (unpaired) electrons. The first-order valence-electron chi connectivity index (χ1n) is 18.9. The van der Waals surface area contributed by atoms with Gasteiger partial charge >= 0.3 is 6.18 Å². The van der Waals surface area contributed by atoms with Crippen molar-refractivity contribution in [2.45, 2.75) is 12.6 Å². The summed E-state index contributed by atoms with van der Waals surface area (Å²) < 4.78 is 64.6. The number of aryl methyl sites for hydroxylation is 2. The first-order chi connectivity index (χ1) is 27.5. The lowest BCUT2D eigenvalue weighted by atomic mass is 10.1. The third-order valence-electron chi connectivity index (χ3n) is 9.64. The number of halogens is 3. The monoisotopic (exact) mass is 790 g/mol. The number of benzene rings is 3. The molecule has 3 N–H and O–H groups in total. The first-order valence-corrected chi connectivity index (χ1v) is 18.9. The van der Waals surface area contributed by atoms with Crippen molar-refractivity contribution in [3.8, 4) is 34.0 Å². The molecule has 1 amide bonds. The molecule has 0 unspecified atom stereocenters. The van der Waals surface area contributed by atoms with Gasteiger partial charge in [0.1, 0.15) is 24.7 Å². The molecule has 0 aliphatic carbocycles. The number of alkyl halides is 3.